The van der Waals surface area contributed by atoms with Crippen LogP contribution in [0.5, 0.6) is 5.75 Å². The van der Waals surface area contributed by atoms with Gasteiger partial charge in [-0.1, -0.05) is 26.0 Å². The topological polar surface area (TPSA) is 64.6 Å². The molecule has 1 atom stereocenters. The fraction of sp³-hybridized carbons (Fsp3) is 0.500. The van der Waals surface area contributed by atoms with Crippen molar-refractivity contribution in [2.45, 2.75) is 33.7 Å². The summed E-state index contributed by atoms with van der Waals surface area (Å²) in [6.45, 7) is 7.93. The molecule has 5 heteroatoms. The van der Waals surface area contributed by atoms with Gasteiger partial charge in [0.1, 0.15) is 11.3 Å². The van der Waals surface area contributed by atoms with Gasteiger partial charge >= 0.3 is 5.97 Å². The van der Waals surface area contributed by atoms with Crippen molar-refractivity contribution in [1.29, 1.82) is 0 Å². The maximum Gasteiger partial charge on any atom is 0.342 e. The number of ether oxygens (including phenoxy) is 2. The molecule has 0 saturated heterocycles. The van der Waals surface area contributed by atoms with Crippen LogP contribution in [-0.4, -0.2) is 31.1 Å². The van der Waals surface area contributed by atoms with Crippen molar-refractivity contribution in [3.05, 3.63) is 29.8 Å². The average molecular weight is 293 g/mol. The maximum atomic E-state index is 12.0. The minimum atomic E-state index is -0.564. The minimum absolute atomic E-state index is 0.0342. The van der Waals surface area contributed by atoms with E-state index in [2.05, 4.69) is 5.32 Å². The SMILES string of the molecule is CCOc1ccccc1C(=O)OCC(=O)N[C@H](C)C(C)C. The van der Waals surface area contributed by atoms with Crippen molar-refractivity contribution in [3.63, 3.8) is 0 Å². The number of nitrogens with one attached hydrogen (secondary N) is 1. The highest BCUT2D eigenvalue weighted by Crippen LogP contribution is 2.18. The predicted octanol–water partition coefficient (Wildman–Crippen LogP) is 2.40. The van der Waals surface area contributed by atoms with Gasteiger partial charge in [-0.25, -0.2) is 4.79 Å². The Labute approximate surface area is 125 Å². The summed E-state index contributed by atoms with van der Waals surface area (Å²) in [5.41, 5.74) is 0.323. The summed E-state index contributed by atoms with van der Waals surface area (Å²) in [5.74, 6) is -0.0888. The number of hydrogen-bond donors (Lipinski definition) is 1. The third-order valence-electron chi connectivity index (χ3n) is 3.13. The number of hydrogen-bond acceptors (Lipinski definition) is 4. The number of carbonyl (C=O) groups excluding carboxylic acids is 2. The van der Waals surface area contributed by atoms with E-state index < -0.39 is 5.97 Å². The van der Waals surface area contributed by atoms with E-state index >= 15 is 0 Å². The third-order valence-corrected chi connectivity index (χ3v) is 3.13. The van der Waals surface area contributed by atoms with E-state index in [0.29, 0.717) is 23.8 Å². The molecule has 0 saturated carbocycles. The third kappa shape index (κ3) is 5.45. The van der Waals surface area contributed by atoms with Gasteiger partial charge in [-0.05, 0) is 31.9 Å². The highest BCUT2D eigenvalue weighted by atomic mass is 16.5. The van der Waals surface area contributed by atoms with Gasteiger partial charge in [-0.2, -0.15) is 0 Å². The molecule has 1 aromatic carbocycles. The molecule has 0 aliphatic heterocycles. The van der Waals surface area contributed by atoms with Crippen molar-refractivity contribution in [3.8, 4) is 5.75 Å². The van der Waals surface area contributed by atoms with E-state index in [1.165, 1.54) is 0 Å². The van der Waals surface area contributed by atoms with Gasteiger partial charge in [-0.3, -0.25) is 4.79 Å². The summed E-state index contributed by atoms with van der Waals surface area (Å²) in [5, 5.41) is 2.78. The molecule has 0 aliphatic rings. The Morgan fingerprint density at radius 1 is 1.19 bits per heavy atom. The van der Waals surface area contributed by atoms with E-state index in [1.54, 1.807) is 24.3 Å². The van der Waals surface area contributed by atoms with E-state index in [9.17, 15) is 9.59 Å². The summed E-state index contributed by atoms with van der Waals surface area (Å²) < 4.78 is 10.4. The van der Waals surface area contributed by atoms with Crippen LogP contribution in [0.1, 0.15) is 38.1 Å². The number of benzene rings is 1. The molecule has 0 aliphatic carbocycles. The lowest BCUT2D eigenvalue weighted by Gasteiger charge is -2.17. The Morgan fingerprint density at radius 2 is 1.86 bits per heavy atom. The summed E-state index contributed by atoms with van der Waals surface area (Å²) >= 11 is 0. The van der Waals surface area contributed by atoms with Crippen LogP contribution in [-0.2, 0) is 9.53 Å². The van der Waals surface area contributed by atoms with Crippen LogP contribution < -0.4 is 10.1 Å². The van der Waals surface area contributed by atoms with Gasteiger partial charge in [-0.15, -0.1) is 0 Å². The molecule has 116 valence electrons. The molecule has 0 unspecified atom stereocenters. The molecule has 5 nitrogen and oxygen atoms in total. The molecule has 1 N–H and O–H groups in total. The highest BCUT2D eigenvalue weighted by Gasteiger charge is 2.16. The number of para-hydroxylation sites is 1. The van der Waals surface area contributed by atoms with Crippen molar-refractivity contribution in [2.75, 3.05) is 13.2 Å². The molecule has 1 rings (SSSR count). The Kier molecular flexibility index (Phi) is 6.72. The fourth-order valence-electron chi connectivity index (χ4n) is 1.59. The van der Waals surface area contributed by atoms with Gasteiger partial charge in [0.2, 0.25) is 0 Å². The van der Waals surface area contributed by atoms with Gasteiger partial charge in [0.25, 0.3) is 5.91 Å². The van der Waals surface area contributed by atoms with E-state index in [1.807, 2.05) is 27.7 Å². The van der Waals surface area contributed by atoms with Crippen LogP contribution in [0.3, 0.4) is 0 Å². The van der Waals surface area contributed by atoms with E-state index in [0.717, 1.165) is 0 Å². The molecule has 0 spiro atoms. The lowest BCUT2D eigenvalue weighted by Crippen LogP contribution is -2.38. The first-order valence-corrected chi connectivity index (χ1v) is 7.14. The van der Waals surface area contributed by atoms with Crippen LogP contribution >= 0.6 is 0 Å². The van der Waals surface area contributed by atoms with Gasteiger partial charge < -0.3 is 14.8 Å². The van der Waals surface area contributed by atoms with Crippen LogP contribution in [0.2, 0.25) is 0 Å². The number of rotatable bonds is 7. The maximum absolute atomic E-state index is 12.0. The van der Waals surface area contributed by atoms with Crippen molar-refractivity contribution in [2.24, 2.45) is 5.92 Å². The Bertz CT molecular complexity index is 485. The number of esters is 1. The van der Waals surface area contributed by atoms with Gasteiger partial charge in [0.15, 0.2) is 6.61 Å². The van der Waals surface area contributed by atoms with Gasteiger partial charge in [0.05, 0.1) is 6.61 Å². The lowest BCUT2D eigenvalue weighted by atomic mass is 10.1. The first-order valence-electron chi connectivity index (χ1n) is 7.14. The Morgan fingerprint density at radius 3 is 2.48 bits per heavy atom. The normalized spacial score (nSPS) is 11.9. The van der Waals surface area contributed by atoms with Crippen molar-refractivity contribution >= 4 is 11.9 Å². The van der Waals surface area contributed by atoms with Crippen LogP contribution in [0.15, 0.2) is 24.3 Å². The number of carbonyl (C=O) groups is 2. The molecule has 0 heterocycles. The van der Waals surface area contributed by atoms with Crippen LogP contribution in [0, 0.1) is 5.92 Å². The monoisotopic (exact) mass is 293 g/mol. The first kappa shape index (κ1) is 17.0. The second-order valence-corrected chi connectivity index (χ2v) is 5.11. The van der Waals surface area contributed by atoms with Crippen molar-refractivity contribution < 1.29 is 19.1 Å². The standard InChI is InChI=1S/C16H23NO4/c1-5-20-14-9-7-6-8-13(14)16(19)21-10-15(18)17-12(4)11(2)3/h6-9,11-12H,5,10H2,1-4H3,(H,17,18)/t12-/m1/s1. The van der Waals surface area contributed by atoms with E-state index in [4.69, 9.17) is 9.47 Å². The zero-order valence-corrected chi connectivity index (χ0v) is 13.0. The Hall–Kier alpha value is -2.04. The molecule has 21 heavy (non-hydrogen) atoms. The lowest BCUT2D eigenvalue weighted by molar-refractivity contribution is -0.125. The molecule has 0 radical (unpaired) electrons. The molecule has 1 amide bonds. The predicted molar refractivity (Wildman–Crippen MR) is 80.3 cm³/mol. The second kappa shape index (κ2) is 8.29. The smallest absolute Gasteiger partial charge is 0.342 e. The highest BCUT2D eigenvalue weighted by molar-refractivity contribution is 5.94. The summed E-state index contributed by atoms with van der Waals surface area (Å²) in [4.78, 5) is 23.7. The zero-order valence-electron chi connectivity index (χ0n) is 13.0. The second-order valence-electron chi connectivity index (χ2n) is 5.11. The van der Waals surface area contributed by atoms with Gasteiger partial charge in [0, 0.05) is 6.04 Å². The average Bonchev–Trinajstić information content (AvgIpc) is 2.45. The molecule has 0 bridgehead atoms. The number of amides is 1. The molecular weight excluding hydrogens is 270 g/mol. The minimum Gasteiger partial charge on any atom is -0.493 e. The van der Waals surface area contributed by atoms with Crippen LogP contribution in [0.4, 0.5) is 0 Å². The summed E-state index contributed by atoms with van der Waals surface area (Å²) in [6, 6.07) is 6.84. The summed E-state index contributed by atoms with van der Waals surface area (Å²) in [7, 11) is 0. The summed E-state index contributed by atoms with van der Waals surface area (Å²) in [6.07, 6.45) is 0. The fourth-order valence-corrected chi connectivity index (χ4v) is 1.59. The Balaban J connectivity index is 2.56. The first-order chi connectivity index (χ1) is 9.95. The largest absolute Gasteiger partial charge is 0.493 e. The van der Waals surface area contributed by atoms with E-state index in [-0.39, 0.29) is 18.6 Å². The van der Waals surface area contributed by atoms with Crippen LogP contribution in [0.25, 0.3) is 0 Å². The van der Waals surface area contributed by atoms with Crippen molar-refractivity contribution in [1.82, 2.24) is 5.32 Å². The molecule has 0 fully saturated rings. The zero-order chi connectivity index (χ0) is 15.8. The molecular formula is C16H23NO4. The molecule has 0 aromatic heterocycles. The quantitative estimate of drug-likeness (QED) is 0.784. The molecule has 1 aromatic rings.